The summed E-state index contributed by atoms with van der Waals surface area (Å²) in [7, 11) is -5.43. The lowest BCUT2D eigenvalue weighted by atomic mass is 10.6. The van der Waals surface area contributed by atoms with Gasteiger partial charge in [0, 0.05) is 30.9 Å². The first-order valence-electron chi connectivity index (χ1n) is 7.56. The second-order valence-electron chi connectivity index (χ2n) is 6.50. The zero-order valence-corrected chi connectivity index (χ0v) is 16.5. The summed E-state index contributed by atoms with van der Waals surface area (Å²) in [4.78, 5) is 48.3. The van der Waals surface area contributed by atoms with E-state index in [4.69, 9.17) is 13.0 Å². The van der Waals surface area contributed by atoms with Gasteiger partial charge in [0.1, 0.15) is 13.5 Å². The smallest absolute Gasteiger partial charge is 0.416 e. The molecule has 25 heavy (non-hydrogen) atoms. The molecule has 0 saturated carbocycles. The summed E-state index contributed by atoms with van der Waals surface area (Å²) in [6, 6.07) is 0. The first-order valence-corrected chi connectivity index (χ1v) is 13.2. The molecule has 0 atom stereocenters. The van der Waals surface area contributed by atoms with Crippen molar-refractivity contribution in [1.82, 2.24) is 9.80 Å². The molecule has 0 unspecified atom stereocenters. The summed E-state index contributed by atoms with van der Waals surface area (Å²) >= 11 is 0. The highest BCUT2D eigenvalue weighted by molar-refractivity contribution is 6.79. The Morgan fingerprint density at radius 3 is 1.32 bits per heavy atom. The molecule has 0 aromatic carbocycles. The number of rotatable bonds is 8. The Balaban J connectivity index is 2.03. The van der Waals surface area contributed by atoms with Crippen LogP contribution in [0.15, 0.2) is 24.3 Å². The highest BCUT2D eigenvalue weighted by Crippen LogP contribution is 2.19. The summed E-state index contributed by atoms with van der Waals surface area (Å²) in [5, 5.41) is 0. The van der Waals surface area contributed by atoms with Gasteiger partial charge in [-0.2, -0.15) is 0 Å². The molecule has 0 radical (unpaired) electrons. The highest BCUT2D eigenvalue weighted by atomic mass is 28.5. The van der Waals surface area contributed by atoms with E-state index in [1.807, 2.05) is 19.6 Å². The Morgan fingerprint density at radius 1 is 0.720 bits per heavy atom. The Kier molecular flexibility index (Phi) is 5.53. The van der Waals surface area contributed by atoms with Crippen LogP contribution in [0.5, 0.6) is 0 Å². The molecule has 0 bridgehead atoms. The van der Waals surface area contributed by atoms with Crippen LogP contribution in [0.2, 0.25) is 26.2 Å². The molecule has 9 nitrogen and oxygen atoms in total. The summed E-state index contributed by atoms with van der Waals surface area (Å²) in [6.07, 6.45) is 4.60. The van der Waals surface area contributed by atoms with Crippen molar-refractivity contribution in [3.63, 3.8) is 0 Å². The third kappa shape index (κ3) is 5.02. The molecule has 2 rings (SSSR count). The summed E-state index contributed by atoms with van der Waals surface area (Å²) < 4.78 is 17.3. The van der Waals surface area contributed by atoms with E-state index in [1.54, 1.807) is 6.55 Å². The monoisotopic (exact) mass is 384 g/mol. The van der Waals surface area contributed by atoms with Gasteiger partial charge < -0.3 is 13.0 Å². The van der Waals surface area contributed by atoms with Gasteiger partial charge in [0.25, 0.3) is 23.6 Å². The lowest BCUT2D eigenvalue weighted by Crippen LogP contribution is -2.54. The van der Waals surface area contributed by atoms with E-state index in [1.165, 1.54) is 0 Å². The first-order chi connectivity index (χ1) is 11.5. The van der Waals surface area contributed by atoms with Crippen molar-refractivity contribution >= 4 is 40.8 Å². The molecule has 0 N–H and O–H groups in total. The Hall–Kier alpha value is -1.93. The van der Waals surface area contributed by atoms with Crippen LogP contribution in [0, 0.1) is 0 Å². The third-order valence-electron chi connectivity index (χ3n) is 3.20. The molecule has 136 valence electrons. The number of imide groups is 2. The van der Waals surface area contributed by atoms with Crippen LogP contribution in [0.3, 0.4) is 0 Å². The SMILES string of the molecule is C[Si](C)(C)O[Si](C)(OCN1C(=O)C=CC1=O)OCN1C(=O)C=CC1=O. The van der Waals surface area contributed by atoms with Gasteiger partial charge in [-0.05, 0) is 19.6 Å². The van der Waals surface area contributed by atoms with Gasteiger partial charge >= 0.3 is 8.80 Å². The van der Waals surface area contributed by atoms with Crippen LogP contribution in [0.1, 0.15) is 0 Å². The number of carbonyl (C=O) groups is 4. The Labute approximate surface area is 147 Å². The highest BCUT2D eigenvalue weighted by Gasteiger charge is 2.42. The van der Waals surface area contributed by atoms with Crippen LogP contribution < -0.4 is 0 Å². The largest absolute Gasteiger partial charge is 0.489 e. The van der Waals surface area contributed by atoms with Crippen LogP contribution in [0.25, 0.3) is 0 Å². The van der Waals surface area contributed by atoms with E-state index in [0.717, 1.165) is 34.1 Å². The topological polar surface area (TPSA) is 102 Å². The van der Waals surface area contributed by atoms with Gasteiger partial charge in [0.05, 0.1) is 0 Å². The molecule has 0 aliphatic carbocycles. The average molecular weight is 384 g/mol. The normalized spacial score (nSPS) is 18.2. The third-order valence-corrected chi connectivity index (χ3v) is 8.44. The second kappa shape index (κ2) is 7.13. The molecule has 0 spiro atoms. The van der Waals surface area contributed by atoms with E-state index in [9.17, 15) is 19.2 Å². The van der Waals surface area contributed by atoms with E-state index in [0.29, 0.717) is 0 Å². The quantitative estimate of drug-likeness (QED) is 0.435. The maximum absolute atomic E-state index is 11.6. The van der Waals surface area contributed by atoms with Crippen molar-refractivity contribution in [2.24, 2.45) is 0 Å². The molecule has 0 aromatic heterocycles. The fourth-order valence-corrected chi connectivity index (χ4v) is 7.87. The second-order valence-corrected chi connectivity index (χ2v) is 13.8. The van der Waals surface area contributed by atoms with E-state index in [2.05, 4.69) is 0 Å². The van der Waals surface area contributed by atoms with Crippen LogP contribution in [0.4, 0.5) is 0 Å². The summed E-state index contributed by atoms with van der Waals surface area (Å²) in [5.74, 6) is -1.93. The minimum Gasteiger partial charge on any atom is -0.416 e. The summed E-state index contributed by atoms with van der Waals surface area (Å²) in [6.45, 7) is 6.73. The van der Waals surface area contributed by atoms with E-state index in [-0.39, 0.29) is 13.5 Å². The van der Waals surface area contributed by atoms with Crippen LogP contribution in [-0.4, -0.2) is 64.0 Å². The van der Waals surface area contributed by atoms with Crippen molar-refractivity contribution in [3.8, 4) is 0 Å². The van der Waals surface area contributed by atoms with Crippen molar-refractivity contribution < 1.29 is 32.1 Å². The van der Waals surface area contributed by atoms with Crippen molar-refractivity contribution in [2.75, 3.05) is 13.5 Å². The predicted octanol–water partition coefficient (Wildman–Crippen LogP) is 0.205. The predicted molar refractivity (Wildman–Crippen MR) is 89.9 cm³/mol. The average Bonchev–Trinajstić information content (AvgIpc) is 2.96. The molecule has 0 saturated heterocycles. The van der Waals surface area contributed by atoms with Crippen molar-refractivity contribution in [1.29, 1.82) is 0 Å². The molecule has 0 aromatic rings. The molecular formula is C14H20N2O7Si2. The molecule has 4 amide bonds. The number of amides is 4. The lowest BCUT2D eigenvalue weighted by Gasteiger charge is -2.34. The van der Waals surface area contributed by atoms with Gasteiger partial charge in [-0.3, -0.25) is 29.0 Å². The van der Waals surface area contributed by atoms with Gasteiger partial charge in [-0.25, -0.2) is 0 Å². The minimum absolute atomic E-state index is 0.321. The van der Waals surface area contributed by atoms with Gasteiger partial charge in [-0.15, -0.1) is 0 Å². The lowest BCUT2D eigenvalue weighted by molar-refractivity contribution is -0.141. The standard InChI is InChI=1S/C14H20N2O7Si2/c1-24(2,3)23-25(4,21-9-15-11(17)5-6-12(15)18)22-10-16-13(19)7-8-14(16)20/h5-8H,9-10H2,1-4H3. The summed E-state index contributed by atoms with van der Waals surface area (Å²) in [5.41, 5.74) is 0. The van der Waals surface area contributed by atoms with E-state index < -0.39 is 40.8 Å². The van der Waals surface area contributed by atoms with E-state index >= 15 is 0 Å². The van der Waals surface area contributed by atoms with Gasteiger partial charge in [0.15, 0.2) is 8.32 Å². The number of nitrogens with zero attached hydrogens (tertiary/aromatic N) is 2. The zero-order chi connectivity index (χ0) is 18.8. The Bertz CT molecular complexity index is 587. The first kappa shape index (κ1) is 19.4. The van der Waals surface area contributed by atoms with Crippen LogP contribution in [-0.2, 0) is 32.1 Å². The Morgan fingerprint density at radius 2 is 1.04 bits per heavy atom. The maximum Gasteiger partial charge on any atom is 0.489 e. The maximum atomic E-state index is 11.6. The molecule has 0 fully saturated rings. The van der Waals surface area contributed by atoms with Crippen molar-refractivity contribution in [2.45, 2.75) is 26.2 Å². The number of hydrogen-bond donors (Lipinski definition) is 0. The number of hydrogen-bond acceptors (Lipinski definition) is 7. The van der Waals surface area contributed by atoms with Gasteiger partial charge in [-0.1, -0.05) is 0 Å². The zero-order valence-electron chi connectivity index (χ0n) is 14.5. The molecule has 2 heterocycles. The van der Waals surface area contributed by atoms with Crippen molar-refractivity contribution in [3.05, 3.63) is 24.3 Å². The van der Waals surface area contributed by atoms with Crippen LogP contribution >= 0.6 is 0 Å². The molecule has 2 aliphatic heterocycles. The molecule has 2 aliphatic rings. The minimum atomic E-state index is -3.32. The fourth-order valence-electron chi connectivity index (χ4n) is 2.14. The fraction of sp³-hybridized carbons (Fsp3) is 0.429. The van der Waals surface area contributed by atoms with Gasteiger partial charge in [0.2, 0.25) is 0 Å². The molecule has 11 heteroatoms. The molecular weight excluding hydrogens is 364 g/mol. The number of carbonyl (C=O) groups excluding carboxylic acids is 4.